The van der Waals surface area contributed by atoms with E-state index in [9.17, 15) is 4.79 Å². The van der Waals surface area contributed by atoms with Crippen molar-refractivity contribution in [3.05, 3.63) is 35.4 Å². The summed E-state index contributed by atoms with van der Waals surface area (Å²) in [7, 11) is 0. The highest BCUT2D eigenvalue weighted by Crippen LogP contribution is 2.11. The number of nitrogens with zero attached hydrogens (tertiary/aromatic N) is 1. The summed E-state index contributed by atoms with van der Waals surface area (Å²) in [5.41, 5.74) is 1.89. The Morgan fingerprint density at radius 1 is 1.35 bits per heavy atom. The molecule has 1 heterocycles. The molecule has 1 aromatic carbocycles. The third-order valence-corrected chi connectivity index (χ3v) is 2.48. The molecule has 4 nitrogen and oxygen atoms in total. The summed E-state index contributed by atoms with van der Waals surface area (Å²) in [5.74, 6) is 5.40. The second-order valence-corrected chi connectivity index (χ2v) is 3.69. The molecule has 17 heavy (non-hydrogen) atoms. The van der Waals surface area contributed by atoms with E-state index in [2.05, 4.69) is 11.8 Å². The van der Waals surface area contributed by atoms with Crippen molar-refractivity contribution < 1.29 is 14.6 Å². The zero-order valence-corrected chi connectivity index (χ0v) is 9.35. The maximum Gasteiger partial charge on any atom is 0.410 e. The predicted molar refractivity (Wildman–Crippen MR) is 62.2 cm³/mol. The molecule has 0 saturated carbocycles. The molecule has 1 aliphatic rings. The van der Waals surface area contributed by atoms with Gasteiger partial charge in [0, 0.05) is 12.1 Å². The van der Waals surface area contributed by atoms with Crippen LogP contribution in [-0.4, -0.2) is 35.9 Å². The van der Waals surface area contributed by atoms with Crippen LogP contribution >= 0.6 is 0 Å². The number of rotatable bonds is 2. The first-order valence-electron chi connectivity index (χ1n) is 5.40. The number of carbonyl (C=O) groups is 1. The number of carbonyl (C=O) groups excluding carboxylic acids is 1. The average molecular weight is 231 g/mol. The fourth-order valence-electron chi connectivity index (χ4n) is 1.62. The summed E-state index contributed by atoms with van der Waals surface area (Å²) < 4.78 is 4.85. The average Bonchev–Trinajstić information content (AvgIpc) is 2.74. The second kappa shape index (κ2) is 5.37. The molecule has 4 heteroatoms. The van der Waals surface area contributed by atoms with Crippen LogP contribution in [0.2, 0.25) is 0 Å². The van der Waals surface area contributed by atoms with Crippen LogP contribution in [0.25, 0.3) is 0 Å². The molecule has 0 atom stereocenters. The first-order chi connectivity index (χ1) is 8.29. The summed E-state index contributed by atoms with van der Waals surface area (Å²) in [6.07, 6.45) is -0.255. The normalized spacial score (nSPS) is 14.2. The Hall–Kier alpha value is -1.99. The number of benzene rings is 1. The van der Waals surface area contributed by atoms with E-state index >= 15 is 0 Å². The van der Waals surface area contributed by atoms with Gasteiger partial charge in [-0.25, -0.2) is 4.79 Å². The third-order valence-electron chi connectivity index (χ3n) is 2.48. The van der Waals surface area contributed by atoms with Gasteiger partial charge in [-0.2, -0.15) is 0 Å². The van der Waals surface area contributed by atoms with Gasteiger partial charge in [0.15, 0.2) is 0 Å². The molecule has 1 aromatic rings. The quantitative estimate of drug-likeness (QED) is 0.772. The Bertz CT molecular complexity index is 456. The van der Waals surface area contributed by atoms with Crippen LogP contribution in [0, 0.1) is 11.8 Å². The largest absolute Gasteiger partial charge is 0.448 e. The van der Waals surface area contributed by atoms with E-state index < -0.39 is 0 Å². The lowest BCUT2D eigenvalue weighted by molar-refractivity contribution is 0.157. The van der Waals surface area contributed by atoms with E-state index in [4.69, 9.17) is 9.84 Å². The third kappa shape index (κ3) is 2.99. The summed E-state index contributed by atoms with van der Waals surface area (Å²) in [6.45, 7) is 1.54. The van der Waals surface area contributed by atoms with E-state index in [0.717, 1.165) is 11.1 Å². The van der Waals surface area contributed by atoms with Gasteiger partial charge < -0.3 is 14.7 Å². The second-order valence-electron chi connectivity index (χ2n) is 3.69. The van der Waals surface area contributed by atoms with Crippen LogP contribution in [0.3, 0.4) is 0 Å². The Morgan fingerprint density at radius 2 is 2.12 bits per heavy atom. The first-order valence-corrected chi connectivity index (χ1v) is 5.40. The minimum Gasteiger partial charge on any atom is -0.448 e. The number of aliphatic hydroxyl groups excluding tert-OH is 1. The van der Waals surface area contributed by atoms with Gasteiger partial charge in [-0.15, -0.1) is 0 Å². The number of ether oxygens (including phenoxy) is 1. The van der Waals surface area contributed by atoms with Crippen molar-refractivity contribution in [3.8, 4) is 11.8 Å². The molecule has 0 aliphatic carbocycles. The van der Waals surface area contributed by atoms with Crippen LogP contribution < -0.4 is 0 Å². The number of aliphatic hydroxyl groups is 1. The van der Waals surface area contributed by atoms with Gasteiger partial charge in [-0.1, -0.05) is 24.0 Å². The van der Waals surface area contributed by atoms with Crippen molar-refractivity contribution in [2.24, 2.45) is 0 Å². The minimum absolute atomic E-state index is 0.138. The predicted octanol–water partition coefficient (Wildman–Crippen LogP) is 0.983. The van der Waals surface area contributed by atoms with Gasteiger partial charge in [0.2, 0.25) is 0 Å². The van der Waals surface area contributed by atoms with Gasteiger partial charge in [0.1, 0.15) is 13.2 Å². The van der Waals surface area contributed by atoms with E-state index in [1.54, 1.807) is 4.90 Å². The molecule has 0 spiro atoms. The Kier molecular flexibility index (Phi) is 3.63. The maximum absolute atomic E-state index is 11.2. The van der Waals surface area contributed by atoms with E-state index in [1.165, 1.54) is 0 Å². The van der Waals surface area contributed by atoms with Crippen LogP contribution in [0.1, 0.15) is 11.1 Å². The molecular weight excluding hydrogens is 218 g/mol. The van der Waals surface area contributed by atoms with Gasteiger partial charge in [-0.05, 0) is 17.7 Å². The zero-order valence-electron chi connectivity index (χ0n) is 9.35. The molecule has 0 unspecified atom stereocenters. The smallest absolute Gasteiger partial charge is 0.410 e. The van der Waals surface area contributed by atoms with Crippen LogP contribution in [0.5, 0.6) is 0 Å². The van der Waals surface area contributed by atoms with Crippen molar-refractivity contribution in [1.29, 1.82) is 0 Å². The molecule has 1 aliphatic heterocycles. The molecule has 1 N–H and O–H groups in total. The van der Waals surface area contributed by atoms with E-state index in [1.807, 2.05) is 24.3 Å². The van der Waals surface area contributed by atoms with Gasteiger partial charge in [0.25, 0.3) is 0 Å². The summed E-state index contributed by atoms with van der Waals surface area (Å²) in [4.78, 5) is 12.9. The Labute approximate surface area is 99.8 Å². The summed E-state index contributed by atoms with van der Waals surface area (Å²) in [6, 6.07) is 7.60. The fourth-order valence-corrected chi connectivity index (χ4v) is 1.62. The molecule has 1 saturated heterocycles. The molecular formula is C13H13NO3. The highest BCUT2D eigenvalue weighted by Gasteiger charge is 2.21. The van der Waals surface area contributed by atoms with Crippen LogP contribution in [0.15, 0.2) is 24.3 Å². The Morgan fingerprint density at radius 3 is 2.71 bits per heavy atom. The number of amides is 1. The van der Waals surface area contributed by atoms with Gasteiger partial charge >= 0.3 is 6.09 Å². The Balaban J connectivity index is 2.00. The van der Waals surface area contributed by atoms with Crippen LogP contribution in [-0.2, 0) is 11.3 Å². The van der Waals surface area contributed by atoms with Crippen molar-refractivity contribution in [2.75, 3.05) is 19.8 Å². The highest BCUT2D eigenvalue weighted by atomic mass is 16.6. The molecule has 0 aromatic heterocycles. The summed E-state index contributed by atoms with van der Waals surface area (Å²) in [5, 5.41) is 8.57. The highest BCUT2D eigenvalue weighted by molar-refractivity contribution is 5.69. The molecule has 0 bridgehead atoms. The number of cyclic esters (lactones) is 1. The summed E-state index contributed by atoms with van der Waals surface area (Å²) >= 11 is 0. The van der Waals surface area contributed by atoms with Crippen LogP contribution in [0.4, 0.5) is 4.79 Å². The standard InChI is InChI=1S/C13H13NO3/c15-8-1-2-11-3-5-12(6-4-11)10-14-7-9-17-13(14)16/h3-6,15H,7-10H2. The number of hydrogen-bond donors (Lipinski definition) is 1. The first kappa shape index (κ1) is 11.5. The number of hydrogen-bond acceptors (Lipinski definition) is 3. The van der Waals surface area contributed by atoms with Gasteiger partial charge in [-0.3, -0.25) is 0 Å². The molecule has 88 valence electrons. The molecule has 2 rings (SSSR count). The lowest BCUT2D eigenvalue weighted by atomic mass is 10.1. The van der Waals surface area contributed by atoms with Crippen molar-refractivity contribution in [3.63, 3.8) is 0 Å². The lowest BCUT2D eigenvalue weighted by Crippen LogP contribution is -2.23. The monoisotopic (exact) mass is 231 g/mol. The van der Waals surface area contributed by atoms with E-state index in [0.29, 0.717) is 19.7 Å². The van der Waals surface area contributed by atoms with Gasteiger partial charge in [0.05, 0.1) is 6.54 Å². The minimum atomic E-state index is -0.255. The topological polar surface area (TPSA) is 49.8 Å². The maximum atomic E-state index is 11.2. The molecule has 1 fully saturated rings. The lowest BCUT2D eigenvalue weighted by Gasteiger charge is -2.12. The van der Waals surface area contributed by atoms with Crippen molar-refractivity contribution in [2.45, 2.75) is 6.54 Å². The molecule has 1 amide bonds. The SMILES string of the molecule is O=C1OCCN1Cc1ccc(C#CCO)cc1. The van der Waals surface area contributed by atoms with E-state index in [-0.39, 0.29) is 12.7 Å². The van der Waals surface area contributed by atoms with Crippen molar-refractivity contribution in [1.82, 2.24) is 4.90 Å². The van der Waals surface area contributed by atoms with Crippen molar-refractivity contribution >= 4 is 6.09 Å². The molecule has 0 radical (unpaired) electrons. The fraction of sp³-hybridized carbons (Fsp3) is 0.308. The zero-order chi connectivity index (χ0) is 12.1.